The number of piperidine rings is 1. The van der Waals surface area contributed by atoms with E-state index in [4.69, 9.17) is 9.47 Å². The third-order valence-corrected chi connectivity index (χ3v) is 6.12. The molecule has 4 atom stereocenters. The highest BCUT2D eigenvalue weighted by Gasteiger charge is 2.64. The van der Waals surface area contributed by atoms with Gasteiger partial charge in [-0.15, -0.1) is 0 Å². The normalized spacial score (nSPS) is 38.7. The van der Waals surface area contributed by atoms with E-state index in [0.717, 1.165) is 37.3 Å². The van der Waals surface area contributed by atoms with E-state index in [2.05, 4.69) is 11.4 Å². The molecule has 2 fully saturated rings. The van der Waals surface area contributed by atoms with E-state index >= 15 is 0 Å². The minimum atomic E-state index is -0.286. The molecule has 1 saturated heterocycles. The Morgan fingerprint density at radius 3 is 3.19 bits per heavy atom. The van der Waals surface area contributed by atoms with Crippen molar-refractivity contribution in [3.05, 3.63) is 23.3 Å². The fourth-order valence-corrected chi connectivity index (χ4v) is 5.40. The van der Waals surface area contributed by atoms with Gasteiger partial charge in [-0.05, 0) is 43.4 Å². The second kappa shape index (κ2) is 3.80. The minimum Gasteiger partial charge on any atom is -0.493 e. The SMILES string of the molecule is COc1ccc2c3c1O[C@@H]1C(=O)CC[C@@H]4[C@H](C2)NCC[C@@]314. The molecule has 4 aliphatic rings. The van der Waals surface area contributed by atoms with E-state index in [-0.39, 0.29) is 17.3 Å². The number of nitrogens with one attached hydrogen (secondary N) is 1. The van der Waals surface area contributed by atoms with Crippen molar-refractivity contribution >= 4 is 5.78 Å². The van der Waals surface area contributed by atoms with Crippen LogP contribution < -0.4 is 14.8 Å². The molecule has 5 rings (SSSR count). The van der Waals surface area contributed by atoms with Crippen LogP contribution in [0.2, 0.25) is 0 Å². The third-order valence-electron chi connectivity index (χ3n) is 6.12. The van der Waals surface area contributed by atoms with Gasteiger partial charge in [-0.2, -0.15) is 0 Å². The molecule has 1 aromatic carbocycles. The number of Topliss-reactive ketones (excluding diaryl/α,β-unsaturated/α-hetero) is 1. The highest BCUT2D eigenvalue weighted by Crippen LogP contribution is 2.61. The van der Waals surface area contributed by atoms with Gasteiger partial charge in [0.2, 0.25) is 0 Å². The van der Waals surface area contributed by atoms with Gasteiger partial charge in [0, 0.05) is 23.4 Å². The van der Waals surface area contributed by atoms with Gasteiger partial charge in [0.25, 0.3) is 0 Å². The lowest BCUT2D eigenvalue weighted by atomic mass is 9.52. The highest BCUT2D eigenvalue weighted by atomic mass is 16.5. The Labute approximate surface area is 123 Å². The molecule has 110 valence electrons. The van der Waals surface area contributed by atoms with Crippen LogP contribution in [0, 0.1) is 5.92 Å². The zero-order valence-corrected chi connectivity index (χ0v) is 12.1. The van der Waals surface area contributed by atoms with Gasteiger partial charge in [0.15, 0.2) is 23.4 Å². The van der Waals surface area contributed by atoms with Crippen molar-refractivity contribution in [3.8, 4) is 11.5 Å². The molecule has 2 aliphatic carbocycles. The standard InChI is InChI=1S/C17H19NO3/c1-20-13-5-2-9-8-11-10-3-4-12(19)16-17(10,6-7-18-11)14(9)15(13)21-16/h2,5,10-11,16,18H,3-4,6-8H2,1H3/t10-,11+,16-,17-/m1/s1. The predicted molar refractivity (Wildman–Crippen MR) is 76.9 cm³/mol. The number of carbonyl (C=O) groups excluding carboxylic acids is 1. The first kappa shape index (κ1) is 12.0. The number of methoxy groups -OCH3 is 1. The largest absolute Gasteiger partial charge is 0.493 e. The molecule has 0 unspecified atom stereocenters. The summed E-state index contributed by atoms with van der Waals surface area (Å²) >= 11 is 0. The van der Waals surface area contributed by atoms with Crippen LogP contribution in [0.3, 0.4) is 0 Å². The van der Waals surface area contributed by atoms with Crippen LogP contribution in [-0.2, 0) is 16.6 Å². The molecule has 1 saturated carbocycles. The molecule has 1 spiro atoms. The zero-order valence-electron chi connectivity index (χ0n) is 12.1. The lowest BCUT2D eigenvalue weighted by Gasteiger charge is -2.54. The maximum atomic E-state index is 12.5. The van der Waals surface area contributed by atoms with Crippen LogP contribution in [0.25, 0.3) is 0 Å². The van der Waals surface area contributed by atoms with Crippen molar-refractivity contribution < 1.29 is 14.3 Å². The van der Waals surface area contributed by atoms with Crippen molar-refractivity contribution in [2.75, 3.05) is 13.7 Å². The van der Waals surface area contributed by atoms with E-state index in [1.165, 1.54) is 11.1 Å². The van der Waals surface area contributed by atoms with Gasteiger partial charge in [-0.25, -0.2) is 0 Å². The Morgan fingerprint density at radius 1 is 1.43 bits per heavy atom. The Bertz CT molecular complexity index is 656. The molecule has 21 heavy (non-hydrogen) atoms. The number of benzene rings is 1. The van der Waals surface area contributed by atoms with Crippen molar-refractivity contribution in [1.82, 2.24) is 5.32 Å². The molecule has 2 bridgehead atoms. The molecule has 0 aromatic heterocycles. The first-order chi connectivity index (χ1) is 10.3. The number of ether oxygens (including phenoxy) is 2. The molecule has 1 N–H and O–H groups in total. The third kappa shape index (κ3) is 1.24. The maximum Gasteiger partial charge on any atom is 0.174 e. The van der Waals surface area contributed by atoms with Gasteiger partial charge >= 0.3 is 0 Å². The van der Waals surface area contributed by atoms with Gasteiger partial charge in [-0.1, -0.05) is 6.07 Å². The topological polar surface area (TPSA) is 47.6 Å². The van der Waals surface area contributed by atoms with Crippen molar-refractivity contribution in [1.29, 1.82) is 0 Å². The zero-order chi connectivity index (χ0) is 14.2. The summed E-state index contributed by atoms with van der Waals surface area (Å²) in [5.74, 6) is 2.43. The smallest absolute Gasteiger partial charge is 0.174 e. The van der Waals surface area contributed by atoms with E-state index in [0.29, 0.717) is 18.4 Å². The number of ketones is 1. The molecule has 2 heterocycles. The molecule has 4 nitrogen and oxygen atoms in total. The Morgan fingerprint density at radius 2 is 2.33 bits per heavy atom. The van der Waals surface area contributed by atoms with Crippen molar-refractivity contribution in [3.63, 3.8) is 0 Å². The summed E-state index contributed by atoms with van der Waals surface area (Å²) in [6.07, 6.45) is 3.40. The van der Waals surface area contributed by atoms with E-state index in [1.54, 1.807) is 7.11 Å². The summed E-state index contributed by atoms with van der Waals surface area (Å²) in [5.41, 5.74) is 2.54. The van der Waals surface area contributed by atoms with Gasteiger partial charge in [0.1, 0.15) is 0 Å². The van der Waals surface area contributed by atoms with E-state index in [1.807, 2.05) is 6.07 Å². The van der Waals surface area contributed by atoms with E-state index < -0.39 is 0 Å². The fourth-order valence-electron chi connectivity index (χ4n) is 5.40. The summed E-state index contributed by atoms with van der Waals surface area (Å²) in [5, 5.41) is 3.67. The summed E-state index contributed by atoms with van der Waals surface area (Å²) in [6, 6.07) is 4.65. The molecule has 2 aliphatic heterocycles. The average Bonchev–Trinajstić information content (AvgIpc) is 2.83. The lowest BCUT2D eigenvalue weighted by Crippen LogP contribution is -2.65. The Hall–Kier alpha value is -1.55. The summed E-state index contributed by atoms with van der Waals surface area (Å²) in [6.45, 7) is 0.977. The van der Waals surface area contributed by atoms with Crippen molar-refractivity contribution in [2.45, 2.75) is 43.2 Å². The number of carbonyl (C=O) groups is 1. The molecule has 1 aromatic rings. The molecule has 0 amide bonds. The monoisotopic (exact) mass is 285 g/mol. The predicted octanol–water partition coefficient (Wildman–Crippen LogP) is 1.59. The molecule has 4 heteroatoms. The molecular formula is C17H19NO3. The first-order valence-corrected chi connectivity index (χ1v) is 7.89. The van der Waals surface area contributed by atoms with Gasteiger partial charge < -0.3 is 14.8 Å². The first-order valence-electron chi connectivity index (χ1n) is 7.89. The van der Waals surface area contributed by atoms with Gasteiger partial charge in [0.05, 0.1) is 7.11 Å². The number of hydrogen-bond acceptors (Lipinski definition) is 4. The van der Waals surface area contributed by atoms with E-state index in [9.17, 15) is 4.79 Å². The maximum absolute atomic E-state index is 12.5. The van der Waals surface area contributed by atoms with Crippen molar-refractivity contribution in [2.24, 2.45) is 5.92 Å². The summed E-state index contributed by atoms with van der Waals surface area (Å²) in [4.78, 5) is 12.5. The molecular weight excluding hydrogens is 266 g/mol. The minimum absolute atomic E-state index is 0.0945. The van der Waals surface area contributed by atoms with Crippen LogP contribution >= 0.6 is 0 Å². The van der Waals surface area contributed by atoms with Crippen LogP contribution in [0.4, 0.5) is 0 Å². The van der Waals surface area contributed by atoms with Crippen LogP contribution in [0.5, 0.6) is 11.5 Å². The highest BCUT2D eigenvalue weighted by molar-refractivity contribution is 5.89. The number of rotatable bonds is 1. The van der Waals surface area contributed by atoms with Gasteiger partial charge in [-0.3, -0.25) is 4.79 Å². The quantitative estimate of drug-likeness (QED) is 0.851. The Balaban J connectivity index is 1.83. The molecule has 0 radical (unpaired) electrons. The summed E-state index contributed by atoms with van der Waals surface area (Å²) < 4.78 is 11.7. The Kier molecular flexibility index (Phi) is 2.18. The van der Waals surface area contributed by atoms with Crippen LogP contribution in [-0.4, -0.2) is 31.6 Å². The van der Waals surface area contributed by atoms with Crippen LogP contribution in [0.15, 0.2) is 12.1 Å². The average molecular weight is 285 g/mol. The summed E-state index contributed by atoms with van der Waals surface area (Å²) in [7, 11) is 1.68. The number of hydrogen-bond donors (Lipinski definition) is 1. The second-order valence-corrected chi connectivity index (χ2v) is 6.80. The fraction of sp³-hybridized carbons (Fsp3) is 0.588. The lowest BCUT2D eigenvalue weighted by molar-refractivity contribution is -0.135. The second-order valence-electron chi connectivity index (χ2n) is 6.80. The van der Waals surface area contributed by atoms with Crippen LogP contribution in [0.1, 0.15) is 30.4 Å².